The maximum Gasteiger partial charge on any atom is 0.238 e. The number of fused-ring (bicyclic) bond motifs is 1. The van der Waals surface area contributed by atoms with Gasteiger partial charge in [0.25, 0.3) is 0 Å². The SMILES string of the molecule is Cc1cc(OC(C)C)c2c(=O)c(O)c(-c3ccc(OCc4ccccc4)c(OCc4ccccc4)c3)oc2c1. The summed E-state index contributed by atoms with van der Waals surface area (Å²) in [5, 5.41) is 11.2. The highest BCUT2D eigenvalue weighted by atomic mass is 16.5. The van der Waals surface area contributed by atoms with E-state index >= 15 is 0 Å². The van der Waals surface area contributed by atoms with Gasteiger partial charge < -0.3 is 23.7 Å². The second-order valence-electron chi connectivity index (χ2n) is 9.62. The Morgan fingerprint density at radius 1 is 0.769 bits per heavy atom. The molecule has 0 atom stereocenters. The summed E-state index contributed by atoms with van der Waals surface area (Å²) in [6, 6.07) is 28.4. The van der Waals surface area contributed by atoms with Crippen LogP contribution in [0.25, 0.3) is 22.3 Å². The van der Waals surface area contributed by atoms with Crippen molar-refractivity contribution >= 4 is 11.0 Å². The number of hydrogen-bond acceptors (Lipinski definition) is 6. The molecule has 6 heteroatoms. The van der Waals surface area contributed by atoms with E-state index in [0.29, 0.717) is 41.6 Å². The zero-order chi connectivity index (χ0) is 27.4. The van der Waals surface area contributed by atoms with Crippen LogP contribution in [0, 0.1) is 6.92 Å². The lowest BCUT2D eigenvalue weighted by Gasteiger charge is -2.16. The van der Waals surface area contributed by atoms with Gasteiger partial charge in [0.2, 0.25) is 11.2 Å². The van der Waals surface area contributed by atoms with E-state index in [1.54, 1.807) is 30.3 Å². The Morgan fingerprint density at radius 2 is 1.38 bits per heavy atom. The second-order valence-corrected chi connectivity index (χ2v) is 9.62. The van der Waals surface area contributed by atoms with Crippen molar-refractivity contribution in [3.8, 4) is 34.3 Å². The third kappa shape index (κ3) is 5.91. The minimum atomic E-state index is -0.557. The van der Waals surface area contributed by atoms with Crippen LogP contribution in [0.4, 0.5) is 0 Å². The maximum atomic E-state index is 13.3. The molecule has 0 saturated heterocycles. The van der Waals surface area contributed by atoms with E-state index in [4.69, 9.17) is 18.6 Å². The molecule has 0 spiro atoms. The van der Waals surface area contributed by atoms with Crippen LogP contribution in [0.3, 0.4) is 0 Å². The number of aryl methyl sites for hydroxylation is 1. The molecule has 1 N–H and O–H groups in total. The molecule has 0 aliphatic carbocycles. The molecule has 5 aromatic rings. The summed E-state index contributed by atoms with van der Waals surface area (Å²) < 4.78 is 24.2. The quantitative estimate of drug-likeness (QED) is 0.217. The molecular formula is C33H30O6. The summed E-state index contributed by atoms with van der Waals surface area (Å²) in [5.74, 6) is 0.930. The highest BCUT2D eigenvalue weighted by molar-refractivity contribution is 5.88. The minimum absolute atomic E-state index is 0.0489. The molecule has 6 nitrogen and oxygen atoms in total. The molecule has 39 heavy (non-hydrogen) atoms. The smallest absolute Gasteiger partial charge is 0.238 e. The summed E-state index contributed by atoms with van der Waals surface area (Å²) in [4.78, 5) is 13.3. The number of aromatic hydroxyl groups is 1. The van der Waals surface area contributed by atoms with Gasteiger partial charge >= 0.3 is 0 Å². The summed E-state index contributed by atoms with van der Waals surface area (Å²) >= 11 is 0. The first-order valence-electron chi connectivity index (χ1n) is 12.8. The third-order valence-electron chi connectivity index (χ3n) is 6.12. The Labute approximate surface area is 227 Å². The zero-order valence-corrected chi connectivity index (χ0v) is 22.1. The topological polar surface area (TPSA) is 78.1 Å². The number of hydrogen-bond donors (Lipinski definition) is 1. The lowest BCUT2D eigenvalue weighted by atomic mass is 10.1. The van der Waals surface area contributed by atoms with E-state index in [1.807, 2.05) is 81.4 Å². The van der Waals surface area contributed by atoms with Gasteiger partial charge in [0.05, 0.1) is 6.10 Å². The van der Waals surface area contributed by atoms with Crippen molar-refractivity contribution < 1.29 is 23.7 Å². The van der Waals surface area contributed by atoms with Gasteiger partial charge in [0.15, 0.2) is 17.3 Å². The van der Waals surface area contributed by atoms with Crippen LogP contribution in [0.2, 0.25) is 0 Å². The lowest BCUT2D eigenvalue weighted by molar-refractivity contribution is 0.245. The van der Waals surface area contributed by atoms with E-state index in [0.717, 1.165) is 16.7 Å². The van der Waals surface area contributed by atoms with Gasteiger partial charge in [-0.05, 0) is 67.8 Å². The van der Waals surface area contributed by atoms with E-state index in [-0.39, 0.29) is 17.3 Å². The molecule has 0 saturated carbocycles. The zero-order valence-electron chi connectivity index (χ0n) is 22.1. The summed E-state index contributed by atoms with van der Waals surface area (Å²) in [6.45, 7) is 6.32. The van der Waals surface area contributed by atoms with Crippen LogP contribution in [0.1, 0.15) is 30.5 Å². The normalized spacial score (nSPS) is 11.1. The monoisotopic (exact) mass is 522 g/mol. The van der Waals surface area contributed by atoms with Gasteiger partial charge in [-0.2, -0.15) is 0 Å². The van der Waals surface area contributed by atoms with Gasteiger partial charge in [0.1, 0.15) is 29.9 Å². The van der Waals surface area contributed by atoms with Crippen LogP contribution in [-0.4, -0.2) is 11.2 Å². The molecule has 5 rings (SSSR count). The fourth-order valence-electron chi connectivity index (χ4n) is 4.30. The van der Waals surface area contributed by atoms with E-state index in [9.17, 15) is 9.90 Å². The molecule has 0 unspecified atom stereocenters. The molecule has 198 valence electrons. The van der Waals surface area contributed by atoms with Gasteiger partial charge in [-0.15, -0.1) is 0 Å². The number of rotatable bonds is 9. The van der Waals surface area contributed by atoms with Gasteiger partial charge in [-0.25, -0.2) is 0 Å². The summed E-state index contributed by atoms with van der Waals surface area (Å²) in [5.41, 5.74) is 3.13. The summed E-state index contributed by atoms with van der Waals surface area (Å²) in [6.07, 6.45) is -0.149. The third-order valence-corrected chi connectivity index (χ3v) is 6.12. The predicted molar refractivity (Wildman–Crippen MR) is 152 cm³/mol. The molecule has 0 radical (unpaired) electrons. The Bertz CT molecular complexity index is 1640. The molecular weight excluding hydrogens is 492 g/mol. The van der Waals surface area contributed by atoms with Crippen LogP contribution < -0.4 is 19.6 Å². The Morgan fingerprint density at radius 3 is 2.00 bits per heavy atom. The van der Waals surface area contributed by atoms with E-state index in [2.05, 4.69) is 0 Å². The van der Waals surface area contributed by atoms with E-state index < -0.39 is 11.2 Å². The largest absolute Gasteiger partial charge is 0.502 e. The molecule has 0 aliphatic rings. The van der Waals surface area contributed by atoms with Crippen molar-refractivity contribution in [2.45, 2.75) is 40.1 Å². The highest BCUT2D eigenvalue weighted by Crippen LogP contribution is 2.39. The molecule has 0 fully saturated rings. The van der Waals surface area contributed by atoms with Crippen molar-refractivity contribution in [2.75, 3.05) is 0 Å². The molecule has 4 aromatic carbocycles. The van der Waals surface area contributed by atoms with Crippen molar-refractivity contribution in [2.24, 2.45) is 0 Å². The Hall–Kier alpha value is -4.71. The first-order chi connectivity index (χ1) is 18.9. The summed E-state index contributed by atoms with van der Waals surface area (Å²) in [7, 11) is 0. The molecule has 1 heterocycles. The van der Waals surface area contributed by atoms with Crippen molar-refractivity contribution in [1.82, 2.24) is 0 Å². The first kappa shape index (κ1) is 25.9. The number of benzene rings is 4. The fourth-order valence-corrected chi connectivity index (χ4v) is 4.30. The Kier molecular flexibility index (Phi) is 7.55. The van der Waals surface area contributed by atoms with Crippen molar-refractivity contribution in [3.63, 3.8) is 0 Å². The van der Waals surface area contributed by atoms with Gasteiger partial charge in [0, 0.05) is 5.56 Å². The van der Waals surface area contributed by atoms with Crippen molar-refractivity contribution in [1.29, 1.82) is 0 Å². The molecule has 0 aliphatic heterocycles. The van der Waals surface area contributed by atoms with Gasteiger partial charge in [-0.3, -0.25) is 4.79 Å². The first-order valence-corrected chi connectivity index (χ1v) is 12.8. The minimum Gasteiger partial charge on any atom is -0.502 e. The molecule has 0 amide bonds. The molecule has 1 aromatic heterocycles. The van der Waals surface area contributed by atoms with Crippen LogP contribution in [-0.2, 0) is 13.2 Å². The van der Waals surface area contributed by atoms with Crippen LogP contribution in [0.15, 0.2) is 100 Å². The number of ether oxygens (including phenoxy) is 3. The highest BCUT2D eigenvalue weighted by Gasteiger charge is 2.21. The van der Waals surface area contributed by atoms with E-state index in [1.165, 1.54) is 0 Å². The maximum absolute atomic E-state index is 13.3. The Balaban J connectivity index is 1.55. The second kappa shape index (κ2) is 11.4. The van der Waals surface area contributed by atoms with Crippen LogP contribution in [0.5, 0.6) is 23.0 Å². The standard InChI is InChI=1S/C33H30O6/c1-21(2)38-28-16-22(3)17-29-30(28)31(34)32(35)33(39-29)25-14-15-26(36-19-23-10-6-4-7-11-23)27(18-25)37-20-24-12-8-5-9-13-24/h4-18,21,35H,19-20H2,1-3H3. The fraction of sp³-hybridized carbons (Fsp3) is 0.182. The predicted octanol–water partition coefficient (Wildman–Crippen LogP) is 7.42. The average molecular weight is 523 g/mol. The van der Waals surface area contributed by atoms with Gasteiger partial charge in [-0.1, -0.05) is 60.7 Å². The average Bonchev–Trinajstić information content (AvgIpc) is 2.93. The van der Waals surface area contributed by atoms with Crippen LogP contribution >= 0.6 is 0 Å². The lowest BCUT2D eigenvalue weighted by Crippen LogP contribution is -2.10. The molecule has 0 bridgehead atoms. The van der Waals surface area contributed by atoms with Crippen molar-refractivity contribution in [3.05, 3.63) is 118 Å².